The molecule has 1 heterocycles. The molecule has 1 amide bonds. The zero-order valence-corrected chi connectivity index (χ0v) is 16.5. The number of fused-ring (bicyclic) bond motifs is 1. The molecule has 0 fully saturated rings. The van der Waals surface area contributed by atoms with E-state index in [1.54, 1.807) is 24.3 Å². The van der Waals surface area contributed by atoms with Crippen LogP contribution in [0.4, 0.5) is 10.1 Å². The van der Waals surface area contributed by atoms with Crippen LogP contribution in [0.15, 0.2) is 76.3 Å². The van der Waals surface area contributed by atoms with E-state index in [-0.39, 0.29) is 11.7 Å². The predicted octanol–water partition coefficient (Wildman–Crippen LogP) is 4.87. The Labute approximate surface area is 170 Å². The summed E-state index contributed by atoms with van der Waals surface area (Å²) in [7, 11) is 0. The van der Waals surface area contributed by atoms with Gasteiger partial charge in [-0.15, -0.1) is 0 Å². The van der Waals surface area contributed by atoms with Crippen LogP contribution in [0.2, 0.25) is 0 Å². The molecule has 0 unspecified atom stereocenters. The average Bonchev–Trinajstić information content (AvgIpc) is 3.13. The number of benzene rings is 3. The maximum Gasteiger partial charge on any atom is 0.271 e. The van der Waals surface area contributed by atoms with Crippen molar-refractivity contribution in [3.05, 3.63) is 99.3 Å². The van der Waals surface area contributed by atoms with Crippen LogP contribution in [0, 0.1) is 5.82 Å². The summed E-state index contributed by atoms with van der Waals surface area (Å²) >= 11 is 3.45. The largest absolute Gasteiger partial charge is 0.363 e. The summed E-state index contributed by atoms with van der Waals surface area (Å²) in [5.74, 6) is -0.705. The Kier molecular flexibility index (Phi) is 5.21. The second-order valence-corrected chi connectivity index (χ2v) is 7.45. The Morgan fingerprint density at radius 1 is 1.04 bits per heavy atom. The van der Waals surface area contributed by atoms with Gasteiger partial charge < -0.3 is 4.90 Å². The van der Waals surface area contributed by atoms with Gasteiger partial charge in [0.05, 0.1) is 6.21 Å². The number of hydrazone groups is 1. The first-order valence-corrected chi connectivity index (χ1v) is 9.60. The molecule has 0 saturated heterocycles. The second-order valence-electron chi connectivity index (χ2n) is 6.54. The molecule has 28 heavy (non-hydrogen) atoms. The highest BCUT2D eigenvalue weighted by atomic mass is 79.9. The number of anilines is 1. The van der Waals surface area contributed by atoms with E-state index < -0.39 is 0 Å². The molecule has 0 saturated carbocycles. The molecule has 4 rings (SSSR count). The van der Waals surface area contributed by atoms with Gasteiger partial charge in [0.1, 0.15) is 5.82 Å². The van der Waals surface area contributed by atoms with E-state index in [4.69, 9.17) is 0 Å². The lowest BCUT2D eigenvalue weighted by molar-refractivity contribution is 0.0955. The normalized spacial score (nSPS) is 13.0. The molecule has 0 radical (unpaired) electrons. The van der Waals surface area contributed by atoms with Gasteiger partial charge >= 0.3 is 0 Å². The molecule has 0 spiro atoms. The van der Waals surface area contributed by atoms with Gasteiger partial charge in [0, 0.05) is 34.4 Å². The van der Waals surface area contributed by atoms with Crippen LogP contribution in [0.5, 0.6) is 0 Å². The van der Waals surface area contributed by atoms with Crippen molar-refractivity contribution in [2.45, 2.75) is 13.1 Å². The average molecular weight is 438 g/mol. The third-order valence-electron chi connectivity index (χ3n) is 4.66. The van der Waals surface area contributed by atoms with Gasteiger partial charge in [0.2, 0.25) is 0 Å². The lowest BCUT2D eigenvalue weighted by atomic mass is 10.1. The summed E-state index contributed by atoms with van der Waals surface area (Å²) in [6.45, 7) is 1.56. The number of carbonyl (C=O) groups excluding carboxylic acids is 1. The van der Waals surface area contributed by atoms with Crippen molar-refractivity contribution >= 4 is 33.7 Å². The van der Waals surface area contributed by atoms with Crippen molar-refractivity contribution in [1.29, 1.82) is 0 Å². The number of nitrogens with zero attached hydrogens (tertiary/aromatic N) is 2. The Bertz CT molecular complexity index is 1050. The summed E-state index contributed by atoms with van der Waals surface area (Å²) in [5.41, 5.74) is 6.77. The van der Waals surface area contributed by atoms with E-state index in [9.17, 15) is 9.18 Å². The van der Waals surface area contributed by atoms with Gasteiger partial charge in [0.15, 0.2) is 0 Å². The molecule has 1 N–H and O–H groups in total. The van der Waals surface area contributed by atoms with Crippen molar-refractivity contribution in [3.63, 3.8) is 0 Å². The van der Waals surface area contributed by atoms with E-state index in [0.717, 1.165) is 28.8 Å². The SMILES string of the molecule is O=C(N/N=C/c1ccccc1F)c1ccc2c(c1)CN(c1ccc(Br)cc1)C2. The molecular formula is C22H17BrFN3O. The quantitative estimate of drug-likeness (QED) is 0.467. The molecular weight excluding hydrogens is 421 g/mol. The maximum atomic E-state index is 13.6. The molecule has 3 aromatic rings. The summed E-state index contributed by atoms with van der Waals surface area (Å²) in [5, 5.41) is 3.86. The third kappa shape index (κ3) is 3.97. The number of amides is 1. The number of hydrogen-bond donors (Lipinski definition) is 1. The van der Waals surface area contributed by atoms with Crippen molar-refractivity contribution in [1.82, 2.24) is 5.43 Å². The lowest BCUT2D eigenvalue weighted by Crippen LogP contribution is -2.18. The first-order valence-electron chi connectivity index (χ1n) is 8.80. The van der Waals surface area contributed by atoms with Crippen LogP contribution < -0.4 is 10.3 Å². The Hall–Kier alpha value is -2.99. The van der Waals surface area contributed by atoms with Crippen molar-refractivity contribution in [3.8, 4) is 0 Å². The first kappa shape index (κ1) is 18.4. The lowest BCUT2D eigenvalue weighted by Gasteiger charge is -2.17. The standard InChI is InChI=1S/C22H17BrFN3O/c23-19-7-9-20(10-8-19)27-13-17-6-5-15(11-18(17)14-27)22(28)26-25-12-16-3-1-2-4-21(16)24/h1-12H,13-14H2,(H,26,28)/b25-12+. The monoisotopic (exact) mass is 437 g/mol. The summed E-state index contributed by atoms with van der Waals surface area (Å²) in [6.07, 6.45) is 1.30. The molecule has 0 bridgehead atoms. The summed E-state index contributed by atoms with van der Waals surface area (Å²) in [4.78, 5) is 14.6. The van der Waals surface area contributed by atoms with E-state index in [1.165, 1.54) is 17.8 Å². The van der Waals surface area contributed by atoms with Gasteiger partial charge in [-0.05, 0) is 53.6 Å². The maximum absolute atomic E-state index is 13.6. The molecule has 140 valence electrons. The number of hydrogen-bond acceptors (Lipinski definition) is 3. The molecule has 3 aromatic carbocycles. The van der Waals surface area contributed by atoms with Gasteiger partial charge in [-0.3, -0.25) is 4.79 Å². The van der Waals surface area contributed by atoms with Crippen LogP contribution in [0.25, 0.3) is 0 Å². The number of nitrogens with one attached hydrogen (secondary N) is 1. The third-order valence-corrected chi connectivity index (χ3v) is 5.19. The molecule has 1 aliphatic rings. The molecule has 4 nitrogen and oxygen atoms in total. The number of carbonyl (C=O) groups is 1. The van der Waals surface area contributed by atoms with E-state index in [2.05, 4.69) is 43.5 Å². The van der Waals surface area contributed by atoms with E-state index in [0.29, 0.717) is 11.1 Å². The fourth-order valence-corrected chi connectivity index (χ4v) is 3.44. The van der Waals surface area contributed by atoms with E-state index in [1.807, 2.05) is 24.3 Å². The van der Waals surface area contributed by atoms with Crippen molar-refractivity contribution in [2.75, 3.05) is 4.90 Å². The topological polar surface area (TPSA) is 44.7 Å². The van der Waals surface area contributed by atoms with Gasteiger partial charge in [-0.25, -0.2) is 9.82 Å². The van der Waals surface area contributed by atoms with Crippen molar-refractivity contribution < 1.29 is 9.18 Å². The van der Waals surface area contributed by atoms with Gasteiger partial charge in [-0.2, -0.15) is 5.10 Å². The van der Waals surface area contributed by atoms with Crippen LogP contribution in [0.1, 0.15) is 27.0 Å². The van der Waals surface area contributed by atoms with Crippen LogP contribution in [-0.4, -0.2) is 12.1 Å². The van der Waals surface area contributed by atoms with E-state index >= 15 is 0 Å². The number of rotatable bonds is 4. The Balaban J connectivity index is 1.44. The van der Waals surface area contributed by atoms with Crippen LogP contribution in [-0.2, 0) is 13.1 Å². The van der Waals surface area contributed by atoms with Gasteiger partial charge in [-0.1, -0.05) is 40.2 Å². The summed E-state index contributed by atoms with van der Waals surface area (Å²) in [6, 6.07) is 20.1. The minimum atomic E-state index is -0.383. The van der Waals surface area contributed by atoms with Crippen molar-refractivity contribution in [2.24, 2.45) is 5.10 Å². The molecule has 1 aliphatic heterocycles. The molecule has 6 heteroatoms. The minimum Gasteiger partial charge on any atom is -0.363 e. The minimum absolute atomic E-state index is 0.321. The molecule has 0 aliphatic carbocycles. The second kappa shape index (κ2) is 7.94. The highest BCUT2D eigenvalue weighted by Crippen LogP contribution is 2.29. The zero-order valence-electron chi connectivity index (χ0n) is 14.9. The Morgan fingerprint density at radius 2 is 1.79 bits per heavy atom. The van der Waals surface area contributed by atoms with Gasteiger partial charge in [0.25, 0.3) is 5.91 Å². The predicted molar refractivity (Wildman–Crippen MR) is 112 cm³/mol. The van der Waals surface area contributed by atoms with Crippen LogP contribution in [0.3, 0.4) is 0 Å². The highest BCUT2D eigenvalue weighted by molar-refractivity contribution is 9.10. The zero-order chi connectivity index (χ0) is 19.5. The molecule has 0 atom stereocenters. The fraction of sp³-hybridized carbons (Fsp3) is 0.0909. The van der Waals surface area contributed by atoms with Crippen LogP contribution >= 0.6 is 15.9 Å². The first-order chi connectivity index (χ1) is 13.6. The summed E-state index contributed by atoms with van der Waals surface area (Å²) < 4.78 is 14.6. The highest BCUT2D eigenvalue weighted by Gasteiger charge is 2.20. The number of halogens is 2. The fourth-order valence-electron chi connectivity index (χ4n) is 3.18. The Morgan fingerprint density at radius 3 is 2.57 bits per heavy atom. The smallest absolute Gasteiger partial charge is 0.271 e. The molecule has 0 aromatic heterocycles.